The van der Waals surface area contributed by atoms with Gasteiger partial charge in [-0.15, -0.1) is 0 Å². The van der Waals surface area contributed by atoms with Gasteiger partial charge in [0.1, 0.15) is 6.54 Å². The second-order valence-electron chi connectivity index (χ2n) is 8.61. The fourth-order valence-electron chi connectivity index (χ4n) is 4.02. The topological polar surface area (TPSA) is 96.0 Å². The van der Waals surface area contributed by atoms with E-state index in [1.807, 2.05) is 13.0 Å². The molecule has 4 rings (SSSR count). The molecule has 1 heterocycles. The summed E-state index contributed by atoms with van der Waals surface area (Å²) in [6.45, 7) is 5.07. The first kappa shape index (κ1) is 25.4. The summed E-state index contributed by atoms with van der Waals surface area (Å²) in [7, 11) is -4.04. The SMILES string of the molecule is Cc1ccc(S(=O)(=O)N(CC(=O)Nc2ccccc2C(=O)N2CCOCC2)c2ccccc2C)cc1. The minimum atomic E-state index is -4.04. The summed E-state index contributed by atoms with van der Waals surface area (Å²) in [5.74, 6) is -0.770. The molecule has 1 N–H and O–H groups in total. The maximum absolute atomic E-state index is 13.6. The number of rotatable bonds is 7. The van der Waals surface area contributed by atoms with Crippen LogP contribution >= 0.6 is 0 Å². The molecule has 3 aromatic carbocycles. The van der Waals surface area contributed by atoms with E-state index in [0.717, 1.165) is 9.87 Å². The number of nitrogens with zero attached hydrogens (tertiary/aromatic N) is 2. The van der Waals surface area contributed by atoms with Crippen molar-refractivity contribution in [3.63, 3.8) is 0 Å². The average Bonchev–Trinajstić information content (AvgIpc) is 2.88. The number of nitrogens with one attached hydrogen (secondary N) is 1. The predicted octanol–water partition coefficient (Wildman–Crippen LogP) is 3.61. The van der Waals surface area contributed by atoms with Gasteiger partial charge in [0.25, 0.3) is 15.9 Å². The third kappa shape index (κ3) is 5.58. The number of carbonyl (C=O) groups excluding carboxylic acids is 2. The van der Waals surface area contributed by atoms with Crippen LogP contribution in [0.5, 0.6) is 0 Å². The van der Waals surface area contributed by atoms with Gasteiger partial charge < -0.3 is 15.0 Å². The van der Waals surface area contributed by atoms with Gasteiger partial charge in [-0.1, -0.05) is 48.0 Å². The summed E-state index contributed by atoms with van der Waals surface area (Å²) in [5, 5.41) is 2.76. The Balaban J connectivity index is 1.62. The zero-order valence-corrected chi connectivity index (χ0v) is 21.1. The van der Waals surface area contributed by atoms with Crippen molar-refractivity contribution in [2.24, 2.45) is 0 Å². The van der Waals surface area contributed by atoms with Crippen LogP contribution in [0.15, 0.2) is 77.7 Å². The van der Waals surface area contributed by atoms with Crippen molar-refractivity contribution in [3.8, 4) is 0 Å². The smallest absolute Gasteiger partial charge is 0.264 e. The Hall–Kier alpha value is -3.69. The number of aryl methyl sites for hydroxylation is 2. The Labute approximate surface area is 211 Å². The number of hydrogen-bond acceptors (Lipinski definition) is 5. The van der Waals surface area contributed by atoms with Crippen LogP contribution in [0.2, 0.25) is 0 Å². The van der Waals surface area contributed by atoms with Crippen molar-refractivity contribution in [1.29, 1.82) is 0 Å². The van der Waals surface area contributed by atoms with E-state index in [2.05, 4.69) is 5.32 Å². The molecule has 3 aromatic rings. The van der Waals surface area contributed by atoms with E-state index in [-0.39, 0.29) is 10.8 Å². The Morgan fingerprint density at radius 3 is 2.25 bits per heavy atom. The fraction of sp³-hybridized carbons (Fsp3) is 0.259. The van der Waals surface area contributed by atoms with Crippen LogP contribution < -0.4 is 9.62 Å². The summed E-state index contributed by atoms with van der Waals surface area (Å²) >= 11 is 0. The Morgan fingerprint density at radius 2 is 1.56 bits per heavy atom. The molecule has 8 nitrogen and oxygen atoms in total. The van der Waals surface area contributed by atoms with Gasteiger partial charge in [-0.2, -0.15) is 0 Å². The van der Waals surface area contributed by atoms with Gasteiger partial charge in [0.05, 0.1) is 35.0 Å². The summed E-state index contributed by atoms with van der Waals surface area (Å²) in [4.78, 5) is 28.1. The number of sulfonamides is 1. The molecule has 1 saturated heterocycles. The Bertz CT molecular complexity index is 1350. The summed E-state index contributed by atoms with van der Waals surface area (Å²) in [6.07, 6.45) is 0. The van der Waals surface area contributed by atoms with E-state index in [1.165, 1.54) is 12.1 Å². The number of carbonyl (C=O) groups is 2. The van der Waals surface area contributed by atoms with Gasteiger partial charge in [0, 0.05) is 13.1 Å². The van der Waals surface area contributed by atoms with Crippen LogP contribution in [-0.2, 0) is 19.6 Å². The molecule has 0 aliphatic carbocycles. The van der Waals surface area contributed by atoms with Gasteiger partial charge in [0.15, 0.2) is 0 Å². The quantitative estimate of drug-likeness (QED) is 0.527. The van der Waals surface area contributed by atoms with E-state index < -0.39 is 22.5 Å². The molecule has 0 aromatic heterocycles. The zero-order valence-electron chi connectivity index (χ0n) is 20.3. The number of hydrogen-bond donors (Lipinski definition) is 1. The molecule has 36 heavy (non-hydrogen) atoms. The standard InChI is InChI=1S/C27H29N3O5S/c1-20-11-13-22(14-12-20)36(33,34)30(25-10-6-3-7-21(25)2)19-26(31)28-24-9-5-4-8-23(24)27(32)29-15-17-35-18-16-29/h3-14H,15-19H2,1-2H3,(H,28,31). The second kappa shape index (κ2) is 10.9. The lowest BCUT2D eigenvalue weighted by Crippen LogP contribution is -2.41. The molecule has 0 atom stereocenters. The van der Waals surface area contributed by atoms with Crippen molar-refractivity contribution in [2.45, 2.75) is 18.7 Å². The minimum Gasteiger partial charge on any atom is -0.378 e. The molecule has 0 saturated carbocycles. The molecule has 2 amide bonds. The highest BCUT2D eigenvalue weighted by atomic mass is 32.2. The van der Waals surface area contributed by atoms with Crippen molar-refractivity contribution >= 4 is 33.2 Å². The Kier molecular flexibility index (Phi) is 7.71. The van der Waals surface area contributed by atoms with E-state index in [4.69, 9.17) is 4.74 Å². The Morgan fingerprint density at radius 1 is 0.917 bits per heavy atom. The predicted molar refractivity (Wildman–Crippen MR) is 139 cm³/mol. The fourth-order valence-corrected chi connectivity index (χ4v) is 5.50. The van der Waals surface area contributed by atoms with E-state index in [9.17, 15) is 18.0 Å². The maximum Gasteiger partial charge on any atom is 0.264 e. The maximum atomic E-state index is 13.6. The molecule has 9 heteroatoms. The number of benzene rings is 3. The minimum absolute atomic E-state index is 0.0899. The highest BCUT2D eigenvalue weighted by molar-refractivity contribution is 7.92. The van der Waals surface area contributed by atoms with Gasteiger partial charge in [-0.05, 0) is 49.7 Å². The highest BCUT2D eigenvalue weighted by Crippen LogP contribution is 2.27. The average molecular weight is 508 g/mol. The number of ether oxygens (including phenoxy) is 1. The van der Waals surface area contributed by atoms with Gasteiger partial charge in [0.2, 0.25) is 5.91 Å². The normalized spacial score (nSPS) is 13.8. The van der Waals surface area contributed by atoms with Crippen LogP contribution in [-0.4, -0.2) is 58.0 Å². The second-order valence-corrected chi connectivity index (χ2v) is 10.5. The monoisotopic (exact) mass is 507 g/mol. The highest BCUT2D eigenvalue weighted by Gasteiger charge is 2.29. The molecule has 0 spiro atoms. The van der Waals surface area contributed by atoms with Crippen LogP contribution in [0.4, 0.5) is 11.4 Å². The lowest BCUT2D eigenvalue weighted by molar-refractivity contribution is -0.114. The molecule has 0 bridgehead atoms. The zero-order chi connectivity index (χ0) is 25.7. The molecule has 1 aliphatic heterocycles. The molecule has 0 unspecified atom stereocenters. The van der Waals surface area contributed by atoms with Crippen LogP contribution in [0, 0.1) is 13.8 Å². The number of anilines is 2. The van der Waals surface area contributed by atoms with E-state index in [1.54, 1.807) is 66.4 Å². The molecule has 188 valence electrons. The van der Waals surface area contributed by atoms with Crippen molar-refractivity contribution in [2.75, 3.05) is 42.5 Å². The molecule has 1 aliphatic rings. The third-order valence-corrected chi connectivity index (χ3v) is 7.78. The van der Waals surface area contributed by atoms with Crippen molar-refractivity contribution in [3.05, 3.63) is 89.5 Å². The van der Waals surface area contributed by atoms with Crippen LogP contribution in [0.25, 0.3) is 0 Å². The molecule has 0 radical (unpaired) electrons. The third-order valence-electron chi connectivity index (χ3n) is 6.01. The van der Waals surface area contributed by atoms with Crippen molar-refractivity contribution in [1.82, 2.24) is 4.90 Å². The first-order valence-electron chi connectivity index (χ1n) is 11.7. The molecule has 1 fully saturated rings. The summed E-state index contributed by atoms with van der Waals surface area (Å²) in [6, 6.07) is 20.2. The van der Waals surface area contributed by atoms with E-state index in [0.29, 0.717) is 48.8 Å². The number of para-hydroxylation sites is 2. The first-order chi connectivity index (χ1) is 17.3. The summed E-state index contributed by atoms with van der Waals surface area (Å²) < 4.78 is 33.7. The molecular weight excluding hydrogens is 478 g/mol. The van der Waals surface area contributed by atoms with Gasteiger partial charge in [-0.3, -0.25) is 13.9 Å². The number of morpholine rings is 1. The van der Waals surface area contributed by atoms with Crippen LogP contribution in [0.1, 0.15) is 21.5 Å². The van der Waals surface area contributed by atoms with E-state index >= 15 is 0 Å². The lowest BCUT2D eigenvalue weighted by atomic mass is 10.1. The van der Waals surface area contributed by atoms with Crippen molar-refractivity contribution < 1.29 is 22.7 Å². The first-order valence-corrected chi connectivity index (χ1v) is 13.1. The van der Waals surface area contributed by atoms with Gasteiger partial charge in [-0.25, -0.2) is 8.42 Å². The van der Waals surface area contributed by atoms with Gasteiger partial charge >= 0.3 is 0 Å². The number of amides is 2. The molecular formula is C27H29N3O5S. The van der Waals surface area contributed by atoms with Crippen LogP contribution in [0.3, 0.4) is 0 Å². The lowest BCUT2D eigenvalue weighted by Gasteiger charge is -2.28. The summed E-state index contributed by atoms with van der Waals surface area (Å²) in [5.41, 5.74) is 2.72. The largest absolute Gasteiger partial charge is 0.378 e.